The van der Waals surface area contributed by atoms with Crippen molar-refractivity contribution in [2.24, 2.45) is 0 Å². The molecule has 1 aliphatic rings. The zero-order valence-electron chi connectivity index (χ0n) is 9.07. The van der Waals surface area contributed by atoms with Gasteiger partial charge in [0.2, 0.25) is 5.91 Å². The van der Waals surface area contributed by atoms with Crippen LogP contribution in [0.1, 0.15) is 18.4 Å². The van der Waals surface area contributed by atoms with Crippen molar-refractivity contribution < 1.29 is 9.90 Å². The maximum Gasteiger partial charge on any atom is 0.237 e. The molecule has 0 bridgehead atoms. The molecule has 2 rings (SSSR count). The molecule has 0 spiro atoms. The predicted octanol–water partition coefficient (Wildman–Crippen LogP) is 0.760. The van der Waals surface area contributed by atoms with Gasteiger partial charge in [0, 0.05) is 6.54 Å². The van der Waals surface area contributed by atoms with Crippen molar-refractivity contribution >= 4 is 5.91 Å². The van der Waals surface area contributed by atoms with E-state index in [2.05, 4.69) is 10.6 Å². The summed E-state index contributed by atoms with van der Waals surface area (Å²) in [5.74, 6) is 0.270. The highest BCUT2D eigenvalue weighted by atomic mass is 16.3. The molecule has 0 aliphatic carbocycles. The van der Waals surface area contributed by atoms with Gasteiger partial charge in [-0.15, -0.1) is 0 Å². The van der Waals surface area contributed by atoms with Gasteiger partial charge in [-0.1, -0.05) is 12.1 Å². The molecule has 3 N–H and O–H groups in total. The SMILES string of the molecule is O=C(NCc1cccc(O)c1)C1CCCN1. The normalized spacial score (nSPS) is 19.6. The standard InChI is InChI=1S/C12H16N2O2/c15-10-4-1-3-9(7-10)8-14-12(16)11-5-2-6-13-11/h1,3-4,7,11,13,15H,2,5-6,8H2,(H,14,16). The number of phenols is 1. The van der Waals surface area contributed by atoms with Crippen LogP contribution >= 0.6 is 0 Å². The van der Waals surface area contributed by atoms with Crippen LogP contribution in [-0.2, 0) is 11.3 Å². The molecule has 4 heteroatoms. The molecule has 0 saturated carbocycles. The Labute approximate surface area is 94.7 Å². The van der Waals surface area contributed by atoms with E-state index in [1.807, 2.05) is 6.07 Å². The largest absolute Gasteiger partial charge is 0.508 e. The number of carbonyl (C=O) groups is 1. The maximum absolute atomic E-state index is 11.7. The van der Waals surface area contributed by atoms with E-state index in [1.165, 1.54) is 0 Å². The summed E-state index contributed by atoms with van der Waals surface area (Å²) in [6, 6.07) is 6.87. The van der Waals surface area contributed by atoms with Crippen LogP contribution in [0, 0.1) is 0 Å². The molecular weight excluding hydrogens is 204 g/mol. The van der Waals surface area contributed by atoms with Crippen molar-refractivity contribution in [2.45, 2.75) is 25.4 Å². The van der Waals surface area contributed by atoms with Crippen molar-refractivity contribution in [3.05, 3.63) is 29.8 Å². The molecule has 1 amide bonds. The number of amides is 1. The van der Waals surface area contributed by atoms with Crippen LogP contribution in [0.15, 0.2) is 24.3 Å². The number of aromatic hydroxyl groups is 1. The van der Waals surface area contributed by atoms with Crippen LogP contribution in [0.25, 0.3) is 0 Å². The fourth-order valence-corrected chi connectivity index (χ4v) is 1.89. The molecule has 1 atom stereocenters. The second-order valence-corrected chi connectivity index (χ2v) is 4.04. The fourth-order valence-electron chi connectivity index (χ4n) is 1.89. The van der Waals surface area contributed by atoms with Crippen LogP contribution < -0.4 is 10.6 Å². The molecule has 1 heterocycles. The lowest BCUT2D eigenvalue weighted by molar-refractivity contribution is -0.122. The van der Waals surface area contributed by atoms with E-state index < -0.39 is 0 Å². The smallest absolute Gasteiger partial charge is 0.237 e. The van der Waals surface area contributed by atoms with Crippen molar-refractivity contribution in [1.82, 2.24) is 10.6 Å². The van der Waals surface area contributed by atoms with Crippen LogP contribution in [0.3, 0.4) is 0 Å². The summed E-state index contributed by atoms with van der Waals surface area (Å²) < 4.78 is 0. The van der Waals surface area contributed by atoms with E-state index in [4.69, 9.17) is 0 Å². The second kappa shape index (κ2) is 4.99. The molecule has 0 radical (unpaired) electrons. The Hall–Kier alpha value is -1.55. The summed E-state index contributed by atoms with van der Waals surface area (Å²) >= 11 is 0. The van der Waals surface area contributed by atoms with Crippen molar-refractivity contribution in [3.8, 4) is 5.75 Å². The molecular formula is C12H16N2O2. The van der Waals surface area contributed by atoms with Gasteiger partial charge in [0.25, 0.3) is 0 Å². The Bertz CT molecular complexity index is 373. The first-order chi connectivity index (χ1) is 7.75. The van der Waals surface area contributed by atoms with Gasteiger partial charge in [-0.05, 0) is 37.1 Å². The van der Waals surface area contributed by atoms with E-state index in [0.29, 0.717) is 6.54 Å². The van der Waals surface area contributed by atoms with Crippen molar-refractivity contribution in [1.29, 1.82) is 0 Å². The van der Waals surface area contributed by atoms with Gasteiger partial charge in [0.15, 0.2) is 0 Å². The highest BCUT2D eigenvalue weighted by Crippen LogP contribution is 2.11. The molecule has 0 aromatic heterocycles. The first-order valence-corrected chi connectivity index (χ1v) is 5.55. The first-order valence-electron chi connectivity index (χ1n) is 5.55. The number of nitrogens with one attached hydrogen (secondary N) is 2. The number of rotatable bonds is 3. The minimum atomic E-state index is -0.0442. The Kier molecular flexibility index (Phi) is 3.41. The second-order valence-electron chi connectivity index (χ2n) is 4.04. The van der Waals surface area contributed by atoms with Crippen molar-refractivity contribution in [2.75, 3.05) is 6.54 Å². The topological polar surface area (TPSA) is 61.4 Å². The Balaban J connectivity index is 1.84. The quantitative estimate of drug-likeness (QED) is 0.704. The maximum atomic E-state index is 11.7. The van der Waals surface area contributed by atoms with Gasteiger partial charge in [0.1, 0.15) is 5.75 Å². The Morgan fingerprint density at radius 3 is 3.12 bits per heavy atom. The van der Waals surface area contributed by atoms with Crippen LogP contribution in [0.5, 0.6) is 5.75 Å². The molecule has 4 nitrogen and oxygen atoms in total. The highest BCUT2D eigenvalue weighted by Gasteiger charge is 2.21. The van der Waals surface area contributed by atoms with E-state index >= 15 is 0 Å². The average Bonchev–Trinajstić information content (AvgIpc) is 2.79. The zero-order valence-corrected chi connectivity index (χ0v) is 9.07. The van der Waals surface area contributed by atoms with Gasteiger partial charge in [0.05, 0.1) is 6.04 Å². The van der Waals surface area contributed by atoms with E-state index in [-0.39, 0.29) is 17.7 Å². The molecule has 1 fully saturated rings. The lowest BCUT2D eigenvalue weighted by Gasteiger charge is -2.11. The molecule has 1 saturated heterocycles. The molecule has 1 unspecified atom stereocenters. The van der Waals surface area contributed by atoms with E-state index in [0.717, 1.165) is 24.9 Å². The summed E-state index contributed by atoms with van der Waals surface area (Å²) in [6.07, 6.45) is 1.97. The minimum absolute atomic E-state index is 0.0424. The third kappa shape index (κ3) is 2.73. The highest BCUT2D eigenvalue weighted by molar-refractivity contribution is 5.81. The number of hydrogen-bond acceptors (Lipinski definition) is 3. The monoisotopic (exact) mass is 220 g/mol. The lowest BCUT2D eigenvalue weighted by Crippen LogP contribution is -2.39. The predicted molar refractivity (Wildman–Crippen MR) is 61.0 cm³/mol. The van der Waals surface area contributed by atoms with Gasteiger partial charge >= 0.3 is 0 Å². The number of benzene rings is 1. The summed E-state index contributed by atoms with van der Waals surface area (Å²) in [5, 5.41) is 15.3. The third-order valence-corrected chi connectivity index (χ3v) is 2.75. The Morgan fingerprint density at radius 1 is 1.56 bits per heavy atom. The van der Waals surface area contributed by atoms with Gasteiger partial charge in [-0.3, -0.25) is 4.79 Å². The van der Waals surface area contributed by atoms with Gasteiger partial charge in [-0.25, -0.2) is 0 Å². The van der Waals surface area contributed by atoms with Gasteiger partial charge in [-0.2, -0.15) is 0 Å². The summed E-state index contributed by atoms with van der Waals surface area (Å²) in [5.41, 5.74) is 0.909. The lowest BCUT2D eigenvalue weighted by atomic mass is 10.2. The zero-order chi connectivity index (χ0) is 11.4. The van der Waals surface area contributed by atoms with Crippen molar-refractivity contribution in [3.63, 3.8) is 0 Å². The van der Waals surface area contributed by atoms with Crippen LogP contribution in [0.2, 0.25) is 0 Å². The van der Waals surface area contributed by atoms with Gasteiger partial charge < -0.3 is 15.7 Å². The van der Waals surface area contributed by atoms with Crippen LogP contribution in [0.4, 0.5) is 0 Å². The molecule has 16 heavy (non-hydrogen) atoms. The summed E-state index contributed by atoms with van der Waals surface area (Å²) in [4.78, 5) is 11.7. The first kappa shape index (κ1) is 11.0. The fraction of sp³-hybridized carbons (Fsp3) is 0.417. The molecule has 86 valence electrons. The van der Waals surface area contributed by atoms with E-state index in [9.17, 15) is 9.90 Å². The van der Waals surface area contributed by atoms with E-state index in [1.54, 1.807) is 18.2 Å². The third-order valence-electron chi connectivity index (χ3n) is 2.75. The minimum Gasteiger partial charge on any atom is -0.508 e. The van der Waals surface area contributed by atoms with Crippen LogP contribution in [-0.4, -0.2) is 23.6 Å². The number of carbonyl (C=O) groups excluding carboxylic acids is 1. The average molecular weight is 220 g/mol. The molecule has 1 aliphatic heterocycles. The molecule has 1 aromatic rings. The summed E-state index contributed by atoms with van der Waals surface area (Å²) in [7, 11) is 0. The Morgan fingerprint density at radius 2 is 2.44 bits per heavy atom. The summed E-state index contributed by atoms with van der Waals surface area (Å²) in [6.45, 7) is 1.38. The molecule has 1 aromatic carbocycles. The number of phenolic OH excluding ortho intramolecular Hbond substituents is 1. The number of hydrogen-bond donors (Lipinski definition) is 3.